The van der Waals surface area contributed by atoms with E-state index in [9.17, 15) is 18.0 Å². The van der Waals surface area contributed by atoms with Gasteiger partial charge in [-0.2, -0.15) is 4.31 Å². The first-order valence-electron chi connectivity index (χ1n) is 10.7. The minimum Gasteiger partial charge on any atom is -0.351 e. The molecule has 1 fully saturated rings. The molecule has 0 bridgehead atoms. The lowest BCUT2D eigenvalue weighted by atomic mass is 9.96. The molecule has 2 aromatic rings. The molecule has 9 heteroatoms. The molecule has 2 aromatic carbocycles. The van der Waals surface area contributed by atoms with Crippen LogP contribution in [0.1, 0.15) is 48.9 Å². The summed E-state index contributed by atoms with van der Waals surface area (Å²) in [5.41, 5.74) is 0.844. The lowest BCUT2D eigenvalue weighted by Gasteiger charge is -2.30. The van der Waals surface area contributed by atoms with Crippen molar-refractivity contribution in [2.75, 3.05) is 18.9 Å². The minimum atomic E-state index is -3.58. The molecule has 172 valence electrons. The summed E-state index contributed by atoms with van der Waals surface area (Å²) in [6.45, 7) is 0.147. The van der Waals surface area contributed by atoms with Crippen molar-refractivity contribution >= 4 is 39.1 Å². The highest BCUT2D eigenvalue weighted by Crippen LogP contribution is 2.27. The summed E-state index contributed by atoms with van der Waals surface area (Å²) in [7, 11) is -1.94. The number of carbonyl (C=O) groups excluding carboxylic acids is 2. The Balaban J connectivity index is 1.51. The molecule has 0 aromatic heterocycles. The summed E-state index contributed by atoms with van der Waals surface area (Å²) in [5, 5.41) is 5.72. The molecule has 0 saturated heterocycles. The van der Waals surface area contributed by atoms with Gasteiger partial charge in [0, 0.05) is 31.7 Å². The number of sulfonamides is 1. The third-order valence-corrected chi connectivity index (χ3v) is 7.91. The van der Waals surface area contributed by atoms with E-state index in [0.29, 0.717) is 16.3 Å². The topological polar surface area (TPSA) is 95.6 Å². The van der Waals surface area contributed by atoms with Gasteiger partial charge in [-0.1, -0.05) is 43.0 Å². The number of nitrogens with zero attached hydrogens (tertiary/aromatic N) is 1. The maximum Gasteiger partial charge on any atom is 0.252 e. The van der Waals surface area contributed by atoms with Crippen LogP contribution in [0.25, 0.3) is 0 Å². The van der Waals surface area contributed by atoms with Crippen molar-refractivity contribution in [2.45, 2.75) is 49.5 Å². The van der Waals surface area contributed by atoms with Crippen molar-refractivity contribution in [2.24, 2.45) is 0 Å². The van der Waals surface area contributed by atoms with Gasteiger partial charge < -0.3 is 10.6 Å². The predicted octanol–water partition coefficient (Wildman–Crippen LogP) is 4.05. The Labute approximate surface area is 194 Å². The van der Waals surface area contributed by atoms with Gasteiger partial charge in [0.25, 0.3) is 5.91 Å². The Hall–Kier alpha value is -2.42. The summed E-state index contributed by atoms with van der Waals surface area (Å²) in [5.74, 6) is -0.639. The van der Waals surface area contributed by atoms with E-state index in [-0.39, 0.29) is 35.7 Å². The summed E-state index contributed by atoms with van der Waals surface area (Å²) < 4.78 is 27.3. The SMILES string of the molecule is CN(C1CCCCC1)S(=O)(=O)c1ccc(NC(=O)CCNC(=O)c2ccccc2Cl)cc1. The Bertz CT molecular complexity index is 1050. The Morgan fingerprint density at radius 2 is 1.69 bits per heavy atom. The maximum absolute atomic E-state index is 12.9. The molecule has 0 unspecified atom stereocenters. The summed E-state index contributed by atoms with van der Waals surface area (Å²) in [6, 6.07) is 12.9. The van der Waals surface area contributed by atoms with E-state index in [1.54, 1.807) is 43.4 Å². The van der Waals surface area contributed by atoms with Crippen LogP contribution in [0.15, 0.2) is 53.4 Å². The molecular weight excluding hydrogens is 450 g/mol. The number of carbonyl (C=O) groups is 2. The van der Waals surface area contributed by atoms with E-state index in [1.165, 1.54) is 16.4 Å². The summed E-state index contributed by atoms with van der Waals surface area (Å²) in [6.07, 6.45) is 5.10. The van der Waals surface area contributed by atoms with Gasteiger partial charge >= 0.3 is 0 Å². The number of benzene rings is 2. The molecule has 1 aliphatic rings. The molecule has 2 N–H and O–H groups in total. The fourth-order valence-corrected chi connectivity index (χ4v) is 5.41. The number of nitrogens with one attached hydrogen (secondary N) is 2. The zero-order chi connectivity index (χ0) is 23.1. The minimum absolute atomic E-state index is 0.0362. The van der Waals surface area contributed by atoms with E-state index in [0.717, 1.165) is 32.1 Å². The number of halogens is 1. The van der Waals surface area contributed by atoms with Crippen molar-refractivity contribution in [3.63, 3.8) is 0 Å². The monoisotopic (exact) mass is 477 g/mol. The second kappa shape index (κ2) is 10.9. The molecule has 0 spiro atoms. The van der Waals surface area contributed by atoms with E-state index in [4.69, 9.17) is 11.6 Å². The fraction of sp³-hybridized carbons (Fsp3) is 0.391. The molecular formula is C23H28ClN3O4S. The van der Waals surface area contributed by atoms with E-state index >= 15 is 0 Å². The molecule has 1 aliphatic carbocycles. The first-order valence-corrected chi connectivity index (χ1v) is 12.5. The molecule has 3 rings (SSSR count). The molecule has 7 nitrogen and oxygen atoms in total. The second-order valence-electron chi connectivity index (χ2n) is 7.87. The normalized spacial score (nSPS) is 14.8. The first kappa shape index (κ1) is 24.2. The standard InChI is InChI=1S/C23H28ClN3O4S/c1-27(18-7-3-2-4-8-18)32(30,31)19-13-11-17(12-14-19)26-22(28)15-16-25-23(29)20-9-5-6-10-21(20)24/h5-6,9-14,18H,2-4,7-8,15-16H2,1H3,(H,25,29)(H,26,28). The predicted molar refractivity (Wildman–Crippen MR) is 125 cm³/mol. The molecule has 0 aliphatic heterocycles. The summed E-state index contributed by atoms with van der Waals surface area (Å²) in [4.78, 5) is 24.5. The lowest BCUT2D eigenvalue weighted by molar-refractivity contribution is -0.116. The van der Waals surface area contributed by atoms with Crippen LogP contribution in [0.5, 0.6) is 0 Å². The molecule has 0 atom stereocenters. The van der Waals surface area contributed by atoms with Gasteiger partial charge in [0.2, 0.25) is 15.9 Å². The lowest BCUT2D eigenvalue weighted by Crippen LogP contribution is -2.38. The Kier molecular flexibility index (Phi) is 8.28. The third kappa shape index (κ3) is 6.09. The van der Waals surface area contributed by atoms with Gasteiger partial charge in [-0.3, -0.25) is 9.59 Å². The number of hydrogen-bond donors (Lipinski definition) is 2. The zero-order valence-electron chi connectivity index (χ0n) is 18.0. The number of hydrogen-bond acceptors (Lipinski definition) is 4. The van der Waals surface area contributed by atoms with E-state index < -0.39 is 10.0 Å². The average molecular weight is 478 g/mol. The summed E-state index contributed by atoms with van der Waals surface area (Å²) >= 11 is 5.99. The van der Waals surface area contributed by atoms with E-state index in [2.05, 4.69) is 10.6 Å². The van der Waals surface area contributed by atoms with Crippen molar-refractivity contribution in [3.05, 3.63) is 59.1 Å². The Morgan fingerprint density at radius 1 is 1.03 bits per heavy atom. The second-order valence-corrected chi connectivity index (χ2v) is 10.3. The number of amides is 2. The van der Waals surface area contributed by atoms with Gasteiger partial charge in [0.05, 0.1) is 15.5 Å². The van der Waals surface area contributed by atoms with Gasteiger partial charge in [0.15, 0.2) is 0 Å². The van der Waals surface area contributed by atoms with Crippen molar-refractivity contribution in [3.8, 4) is 0 Å². The van der Waals surface area contributed by atoms with Crippen LogP contribution < -0.4 is 10.6 Å². The fourth-order valence-electron chi connectivity index (χ4n) is 3.77. The van der Waals surface area contributed by atoms with Gasteiger partial charge in [-0.15, -0.1) is 0 Å². The smallest absolute Gasteiger partial charge is 0.252 e. The van der Waals surface area contributed by atoms with Crippen LogP contribution in [0, 0.1) is 0 Å². The average Bonchev–Trinajstić information content (AvgIpc) is 2.79. The highest BCUT2D eigenvalue weighted by molar-refractivity contribution is 7.89. The maximum atomic E-state index is 12.9. The largest absolute Gasteiger partial charge is 0.351 e. The van der Waals surface area contributed by atoms with Crippen LogP contribution in [-0.4, -0.2) is 44.2 Å². The van der Waals surface area contributed by atoms with Crippen LogP contribution in [0.3, 0.4) is 0 Å². The quantitative estimate of drug-likeness (QED) is 0.599. The molecule has 0 heterocycles. The van der Waals surface area contributed by atoms with Gasteiger partial charge in [0.1, 0.15) is 0 Å². The van der Waals surface area contributed by atoms with Gasteiger partial charge in [-0.05, 0) is 49.2 Å². The third-order valence-electron chi connectivity index (χ3n) is 5.66. The van der Waals surface area contributed by atoms with Crippen LogP contribution in [-0.2, 0) is 14.8 Å². The van der Waals surface area contributed by atoms with Crippen LogP contribution in [0.2, 0.25) is 5.02 Å². The zero-order valence-corrected chi connectivity index (χ0v) is 19.6. The molecule has 2 amide bonds. The Morgan fingerprint density at radius 3 is 2.34 bits per heavy atom. The first-order chi connectivity index (χ1) is 15.3. The van der Waals surface area contributed by atoms with Crippen LogP contribution in [0.4, 0.5) is 5.69 Å². The van der Waals surface area contributed by atoms with Crippen molar-refractivity contribution < 1.29 is 18.0 Å². The molecule has 32 heavy (non-hydrogen) atoms. The van der Waals surface area contributed by atoms with E-state index in [1.807, 2.05) is 0 Å². The highest BCUT2D eigenvalue weighted by atomic mass is 35.5. The number of rotatable bonds is 8. The van der Waals surface area contributed by atoms with Gasteiger partial charge in [-0.25, -0.2) is 8.42 Å². The van der Waals surface area contributed by atoms with Crippen molar-refractivity contribution in [1.29, 1.82) is 0 Å². The van der Waals surface area contributed by atoms with Crippen molar-refractivity contribution in [1.82, 2.24) is 9.62 Å². The molecule has 1 saturated carbocycles. The number of anilines is 1. The molecule has 0 radical (unpaired) electrons. The highest BCUT2D eigenvalue weighted by Gasteiger charge is 2.28. The van der Waals surface area contributed by atoms with Crippen LogP contribution >= 0.6 is 11.6 Å².